The minimum absolute atomic E-state index is 0.0120. The van der Waals surface area contributed by atoms with E-state index in [-0.39, 0.29) is 17.5 Å². The number of alkyl halides is 1. The zero-order valence-corrected chi connectivity index (χ0v) is 15.9. The van der Waals surface area contributed by atoms with E-state index in [1.54, 1.807) is 6.20 Å². The van der Waals surface area contributed by atoms with Crippen molar-refractivity contribution in [3.63, 3.8) is 0 Å². The Balaban J connectivity index is 1.58. The lowest BCUT2D eigenvalue weighted by atomic mass is 9.72. The number of fused-ring (bicyclic) bond motifs is 1. The Bertz CT molecular complexity index is 702. The summed E-state index contributed by atoms with van der Waals surface area (Å²) in [5.41, 5.74) is 1.21. The number of hydrogen-bond donors (Lipinski definition) is 0. The number of anilines is 1. The quantitative estimate of drug-likeness (QED) is 0.769. The maximum absolute atomic E-state index is 13.5. The molecule has 1 saturated carbocycles. The summed E-state index contributed by atoms with van der Waals surface area (Å²) in [6.07, 6.45) is 3.49. The monoisotopic (exact) mass is 395 g/mol. The van der Waals surface area contributed by atoms with E-state index in [2.05, 4.69) is 32.7 Å². The van der Waals surface area contributed by atoms with Crippen molar-refractivity contribution < 1.29 is 9.18 Å². The Morgan fingerprint density at radius 1 is 1.33 bits per heavy atom. The number of aromatic nitrogens is 1. The van der Waals surface area contributed by atoms with E-state index in [4.69, 9.17) is 0 Å². The van der Waals surface area contributed by atoms with Crippen LogP contribution in [0, 0.1) is 0 Å². The standard InChI is InChI=1S/C18H23BrFN3O/c1-17(2)15-14(6-11(19)9-21-15)23(16(17)24)13-7-18(3,8-13)22-5-4-12(20)10-22/h6,9,12-13H,4-5,7-8,10H2,1-3H3/t12-,13?,18?/m1/s1. The van der Waals surface area contributed by atoms with Crippen LogP contribution in [0.25, 0.3) is 0 Å². The molecule has 0 radical (unpaired) electrons. The first kappa shape index (κ1) is 16.5. The first-order chi connectivity index (χ1) is 11.2. The predicted octanol–water partition coefficient (Wildman–Crippen LogP) is 3.43. The number of amides is 1. The molecule has 1 aromatic rings. The third-order valence-electron chi connectivity index (χ3n) is 6.05. The van der Waals surface area contributed by atoms with Gasteiger partial charge >= 0.3 is 0 Å². The van der Waals surface area contributed by atoms with E-state index in [1.807, 2.05) is 24.8 Å². The molecule has 0 bridgehead atoms. The molecule has 24 heavy (non-hydrogen) atoms. The number of carbonyl (C=O) groups excluding carboxylic acids is 1. The van der Waals surface area contributed by atoms with Crippen molar-refractivity contribution in [2.45, 2.75) is 63.2 Å². The molecule has 1 aliphatic carbocycles. The maximum atomic E-state index is 13.5. The van der Waals surface area contributed by atoms with Gasteiger partial charge in [0.2, 0.25) is 5.91 Å². The smallest absolute Gasteiger partial charge is 0.239 e. The number of likely N-dealkylation sites (tertiary alicyclic amines) is 1. The molecule has 2 aliphatic heterocycles. The van der Waals surface area contributed by atoms with Crippen LogP contribution in [-0.4, -0.2) is 46.6 Å². The van der Waals surface area contributed by atoms with Crippen molar-refractivity contribution in [2.75, 3.05) is 18.0 Å². The zero-order valence-electron chi connectivity index (χ0n) is 14.4. The predicted molar refractivity (Wildman–Crippen MR) is 95.0 cm³/mol. The maximum Gasteiger partial charge on any atom is 0.239 e. The van der Waals surface area contributed by atoms with Crippen molar-refractivity contribution in [1.29, 1.82) is 0 Å². The third kappa shape index (κ3) is 2.25. The van der Waals surface area contributed by atoms with E-state index < -0.39 is 11.6 Å². The topological polar surface area (TPSA) is 36.4 Å². The summed E-state index contributed by atoms with van der Waals surface area (Å²) in [6.45, 7) is 7.45. The summed E-state index contributed by atoms with van der Waals surface area (Å²) in [5, 5.41) is 0. The summed E-state index contributed by atoms with van der Waals surface area (Å²) < 4.78 is 14.4. The van der Waals surface area contributed by atoms with E-state index >= 15 is 0 Å². The summed E-state index contributed by atoms with van der Waals surface area (Å²) in [5.74, 6) is 0.125. The third-order valence-corrected chi connectivity index (χ3v) is 6.48. The van der Waals surface area contributed by atoms with Gasteiger partial charge in [-0.3, -0.25) is 14.7 Å². The van der Waals surface area contributed by atoms with Crippen LogP contribution in [0.2, 0.25) is 0 Å². The summed E-state index contributed by atoms with van der Waals surface area (Å²) >= 11 is 3.47. The molecule has 4 rings (SSSR count). The lowest BCUT2D eigenvalue weighted by Gasteiger charge is -2.53. The number of rotatable bonds is 2. The summed E-state index contributed by atoms with van der Waals surface area (Å²) in [4.78, 5) is 21.7. The van der Waals surface area contributed by atoms with Crippen LogP contribution in [0.15, 0.2) is 16.7 Å². The SMILES string of the molecule is CC1(C)C(=O)N(C2CC(C)(N3CC[C@@H](F)C3)C2)c2cc(Br)cnc21. The van der Waals surface area contributed by atoms with Gasteiger partial charge in [-0.1, -0.05) is 0 Å². The van der Waals surface area contributed by atoms with Crippen molar-refractivity contribution in [3.05, 3.63) is 22.4 Å². The molecular weight excluding hydrogens is 373 g/mol. The molecule has 1 saturated heterocycles. The van der Waals surface area contributed by atoms with Crippen LogP contribution in [0.3, 0.4) is 0 Å². The number of pyridine rings is 1. The van der Waals surface area contributed by atoms with Crippen LogP contribution in [-0.2, 0) is 10.2 Å². The van der Waals surface area contributed by atoms with Crippen LogP contribution in [0.5, 0.6) is 0 Å². The van der Waals surface area contributed by atoms with Gasteiger partial charge in [-0.15, -0.1) is 0 Å². The molecule has 130 valence electrons. The zero-order chi connectivity index (χ0) is 17.3. The highest BCUT2D eigenvalue weighted by atomic mass is 79.9. The van der Waals surface area contributed by atoms with Gasteiger partial charge in [-0.2, -0.15) is 0 Å². The Kier molecular flexibility index (Phi) is 3.59. The van der Waals surface area contributed by atoms with E-state index in [0.717, 1.165) is 35.2 Å². The van der Waals surface area contributed by atoms with E-state index in [1.165, 1.54) is 0 Å². The molecule has 3 aliphatic rings. The Morgan fingerprint density at radius 3 is 2.67 bits per heavy atom. The number of halogens is 2. The van der Waals surface area contributed by atoms with Gasteiger partial charge in [0.05, 0.1) is 16.8 Å². The second-order valence-electron chi connectivity index (χ2n) is 8.21. The van der Waals surface area contributed by atoms with E-state index in [9.17, 15) is 9.18 Å². The van der Waals surface area contributed by atoms with Crippen molar-refractivity contribution in [2.24, 2.45) is 0 Å². The normalized spacial score (nSPS) is 35.2. The molecule has 0 aromatic carbocycles. The Morgan fingerprint density at radius 2 is 2.04 bits per heavy atom. The average Bonchev–Trinajstić information content (AvgIpc) is 2.98. The fraction of sp³-hybridized carbons (Fsp3) is 0.667. The number of hydrogen-bond acceptors (Lipinski definition) is 3. The average molecular weight is 396 g/mol. The fourth-order valence-corrected chi connectivity index (χ4v) is 4.89. The highest BCUT2D eigenvalue weighted by molar-refractivity contribution is 9.10. The number of nitrogens with zero attached hydrogens (tertiary/aromatic N) is 3. The Labute approximate surface area is 150 Å². The van der Waals surface area contributed by atoms with Gasteiger partial charge in [0.15, 0.2) is 0 Å². The van der Waals surface area contributed by atoms with Gasteiger partial charge in [0.25, 0.3) is 0 Å². The minimum atomic E-state index is -0.700. The van der Waals surface area contributed by atoms with Gasteiger partial charge < -0.3 is 4.90 Å². The largest absolute Gasteiger partial charge is 0.307 e. The van der Waals surface area contributed by atoms with Crippen LogP contribution in [0.1, 0.15) is 45.7 Å². The minimum Gasteiger partial charge on any atom is -0.307 e. The molecule has 3 heterocycles. The number of carbonyl (C=O) groups is 1. The molecule has 1 amide bonds. The molecule has 6 heteroatoms. The highest BCUT2D eigenvalue weighted by Crippen LogP contribution is 2.49. The molecule has 0 spiro atoms. The molecule has 4 nitrogen and oxygen atoms in total. The van der Waals surface area contributed by atoms with Crippen molar-refractivity contribution in [3.8, 4) is 0 Å². The molecule has 0 unspecified atom stereocenters. The van der Waals surface area contributed by atoms with Crippen LogP contribution < -0.4 is 4.90 Å². The second kappa shape index (κ2) is 5.24. The molecular formula is C18H23BrFN3O. The molecule has 1 aromatic heterocycles. The van der Waals surface area contributed by atoms with Crippen molar-refractivity contribution >= 4 is 27.5 Å². The summed E-state index contributed by atoms with van der Waals surface area (Å²) in [6, 6.07) is 2.18. The van der Waals surface area contributed by atoms with Crippen LogP contribution in [0.4, 0.5) is 10.1 Å². The van der Waals surface area contributed by atoms with E-state index in [0.29, 0.717) is 13.0 Å². The first-order valence-electron chi connectivity index (χ1n) is 8.61. The molecule has 1 atom stereocenters. The van der Waals surface area contributed by atoms with Gasteiger partial charge in [-0.05, 0) is 62.0 Å². The van der Waals surface area contributed by atoms with Crippen LogP contribution >= 0.6 is 15.9 Å². The van der Waals surface area contributed by atoms with Gasteiger partial charge in [-0.25, -0.2) is 4.39 Å². The van der Waals surface area contributed by atoms with Gasteiger partial charge in [0.1, 0.15) is 6.17 Å². The molecule has 2 fully saturated rings. The van der Waals surface area contributed by atoms with Crippen molar-refractivity contribution in [1.82, 2.24) is 9.88 Å². The lowest BCUT2D eigenvalue weighted by molar-refractivity contribution is -0.123. The first-order valence-corrected chi connectivity index (χ1v) is 9.40. The highest BCUT2D eigenvalue weighted by Gasteiger charge is 2.55. The molecule has 0 N–H and O–H groups in total. The summed E-state index contributed by atoms with van der Waals surface area (Å²) in [7, 11) is 0. The van der Waals surface area contributed by atoms with Gasteiger partial charge in [0, 0.05) is 35.3 Å². The lowest BCUT2D eigenvalue weighted by Crippen LogP contribution is -2.62. The fourth-order valence-electron chi connectivity index (χ4n) is 4.57. The Hall–Kier alpha value is -1.01. The second-order valence-corrected chi connectivity index (χ2v) is 9.13.